The Hall–Kier alpha value is -3.43. The number of rotatable bonds is 10. The summed E-state index contributed by atoms with van der Waals surface area (Å²) >= 11 is 4.04. The summed E-state index contributed by atoms with van der Waals surface area (Å²) in [5, 5.41) is 22.7. The highest BCUT2D eigenvalue weighted by Crippen LogP contribution is 2.40. The zero-order chi connectivity index (χ0) is 26.9. The number of fused-ring (bicyclic) bond motifs is 1. The molecule has 196 valence electrons. The van der Waals surface area contributed by atoms with Gasteiger partial charge in [0, 0.05) is 22.1 Å². The molecule has 3 N–H and O–H groups in total. The first-order valence-electron chi connectivity index (χ1n) is 11.0. The molecule has 0 aliphatic carbocycles. The fraction of sp³-hybridized carbons (Fsp3) is 0.364. The fourth-order valence-electron chi connectivity index (χ4n) is 3.91. The highest BCUT2D eigenvalue weighted by Gasteiger charge is 2.53. The second kappa shape index (κ2) is 10.9. The number of oxime groups is 1. The molecule has 2 amide bonds. The number of β-lactam (4-membered cyclic amide) rings is 1. The number of likely N-dealkylation sites (N-methyl/N-ethyl adjacent to an activating group) is 1. The highest BCUT2D eigenvalue weighted by molar-refractivity contribution is 8.00. The van der Waals surface area contributed by atoms with Crippen LogP contribution >= 0.6 is 34.4 Å². The molecule has 2 aliphatic heterocycles. The number of carboxylic acid groups (broad SMARTS) is 1. The van der Waals surface area contributed by atoms with Crippen LogP contribution in [0.25, 0.3) is 0 Å². The van der Waals surface area contributed by atoms with Crippen molar-refractivity contribution in [2.45, 2.75) is 18.3 Å². The number of aromatic nitrogens is 2. The van der Waals surface area contributed by atoms with Crippen LogP contribution in [0.15, 0.2) is 39.8 Å². The summed E-state index contributed by atoms with van der Waals surface area (Å²) in [6.07, 6.45) is 1.46. The van der Waals surface area contributed by atoms with E-state index in [4.69, 9.17) is 10.6 Å². The summed E-state index contributed by atoms with van der Waals surface area (Å²) < 4.78 is 2.01. The van der Waals surface area contributed by atoms with Crippen LogP contribution < -0.4 is 25.6 Å². The number of anilines is 2. The van der Waals surface area contributed by atoms with Crippen molar-refractivity contribution in [3.63, 3.8) is 0 Å². The Kier molecular flexibility index (Phi) is 7.85. The van der Waals surface area contributed by atoms with Crippen LogP contribution in [0.1, 0.15) is 11.4 Å². The third-order valence-corrected chi connectivity index (χ3v) is 9.03. The van der Waals surface area contributed by atoms with Crippen molar-refractivity contribution in [1.82, 2.24) is 15.2 Å². The van der Waals surface area contributed by atoms with Crippen molar-refractivity contribution >= 4 is 68.2 Å². The Morgan fingerprint density at radius 2 is 2.22 bits per heavy atom. The van der Waals surface area contributed by atoms with E-state index in [0.717, 1.165) is 22.2 Å². The van der Waals surface area contributed by atoms with Crippen LogP contribution in [0.2, 0.25) is 0 Å². The Bertz CT molecular complexity index is 1320. The summed E-state index contributed by atoms with van der Waals surface area (Å²) in [5.74, 6) is -2.32. The Balaban J connectivity index is 1.52. The lowest BCUT2D eigenvalue weighted by Crippen LogP contribution is -2.71. The van der Waals surface area contributed by atoms with Crippen molar-refractivity contribution < 1.29 is 28.9 Å². The first kappa shape index (κ1) is 26.6. The molecule has 0 spiro atoms. The van der Waals surface area contributed by atoms with Crippen LogP contribution in [0, 0.1) is 6.92 Å². The van der Waals surface area contributed by atoms with E-state index in [1.54, 1.807) is 16.7 Å². The van der Waals surface area contributed by atoms with E-state index in [1.165, 1.54) is 22.7 Å². The van der Waals surface area contributed by atoms with Gasteiger partial charge in [-0.1, -0.05) is 29.1 Å². The van der Waals surface area contributed by atoms with E-state index in [1.807, 2.05) is 35.9 Å². The van der Waals surface area contributed by atoms with Gasteiger partial charge in [0.15, 0.2) is 10.8 Å². The zero-order valence-corrected chi connectivity index (χ0v) is 22.7. The minimum Gasteiger partial charge on any atom is -0.543 e. The number of hydrogen-bond donors (Lipinski definition) is 2. The number of nitrogens with zero attached hydrogens (tertiary/aromatic N) is 5. The van der Waals surface area contributed by atoms with Crippen LogP contribution in [0.4, 0.5) is 10.3 Å². The number of hydrogen-bond acceptors (Lipinski definition) is 12. The molecule has 2 aromatic heterocycles. The average molecular weight is 564 g/mol. The Labute approximate surface area is 225 Å². The van der Waals surface area contributed by atoms with Gasteiger partial charge in [0.1, 0.15) is 36.0 Å². The number of thioether (sulfide) groups is 1. The maximum absolute atomic E-state index is 13.1. The average Bonchev–Trinajstić information content (AvgIpc) is 3.44. The number of amides is 2. The molecule has 4 rings (SSSR count). The van der Waals surface area contributed by atoms with Crippen LogP contribution in [0.5, 0.6) is 0 Å². The number of nitrogens with two attached hydrogens (primary N) is 1. The highest BCUT2D eigenvalue weighted by atomic mass is 32.2. The summed E-state index contributed by atoms with van der Waals surface area (Å²) in [6, 6.07) is -0.954. The van der Waals surface area contributed by atoms with Crippen molar-refractivity contribution in [3.8, 4) is 0 Å². The molecule has 0 aromatic carbocycles. The fourth-order valence-corrected chi connectivity index (χ4v) is 6.77. The standard InChI is InChI=1S/C22H25N7O5S3/c1-5-6-34-26-14(13-10-36-21(23)24-13)17(30)25-15-18(31)29-16(20(32)33)12(9-35-19(15)29)7-27(3)22-28(4)11(2)8-37-22/h5,8,10,15,19H,1,6-7,9H2,2-4H3,(H3-,23,24,25,30,32,33)/b26-14-. The SMILES string of the molecule is C=CCO/N=C(\C(=O)NC1C(=O)N2C(C(=O)[O-])=C(CN(C)c3scc(C)[n+]3C)CSC12)c1csc(N)n1. The normalized spacial score (nSPS) is 19.3. The number of nitrogens with one attached hydrogen (secondary N) is 1. The van der Waals surface area contributed by atoms with Crippen LogP contribution in [-0.2, 0) is 26.3 Å². The predicted octanol–water partition coefficient (Wildman–Crippen LogP) is -0.633. The van der Waals surface area contributed by atoms with E-state index in [9.17, 15) is 19.5 Å². The molecular weight excluding hydrogens is 538 g/mol. The number of thiazole rings is 2. The Morgan fingerprint density at radius 1 is 1.46 bits per heavy atom. The van der Waals surface area contributed by atoms with Gasteiger partial charge < -0.3 is 25.8 Å². The molecule has 2 aliphatic rings. The Morgan fingerprint density at radius 3 is 2.81 bits per heavy atom. The maximum atomic E-state index is 13.1. The monoisotopic (exact) mass is 563 g/mol. The van der Waals surface area contributed by atoms with E-state index >= 15 is 0 Å². The minimum atomic E-state index is -1.43. The van der Waals surface area contributed by atoms with Crippen molar-refractivity contribution in [3.05, 3.63) is 46.1 Å². The van der Waals surface area contributed by atoms with Gasteiger partial charge in [0.2, 0.25) is 0 Å². The first-order valence-corrected chi connectivity index (χ1v) is 13.8. The molecule has 0 bridgehead atoms. The quantitative estimate of drug-likeness (QED) is 0.0959. The van der Waals surface area contributed by atoms with Gasteiger partial charge in [0.05, 0.1) is 25.8 Å². The molecule has 2 aromatic rings. The molecule has 1 saturated heterocycles. The molecule has 15 heteroatoms. The van der Waals surface area contributed by atoms with Crippen LogP contribution in [0.3, 0.4) is 0 Å². The molecule has 12 nitrogen and oxygen atoms in total. The van der Waals surface area contributed by atoms with Gasteiger partial charge in [-0.15, -0.1) is 23.1 Å². The van der Waals surface area contributed by atoms with Gasteiger partial charge in [-0.3, -0.25) is 19.4 Å². The van der Waals surface area contributed by atoms with Gasteiger partial charge in [-0.05, 0) is 6.92 Å². The number of carboxylic acids is 1. The van der Waals surface area contributed by atoms with Gasteiger partial charge in [0.25, 0.3) is 11.8 Å². The topological polar surface area (TPSA) is 157 Å². The number of aryl methyl sites for hydroxylation is 1. The molecule has 4 heterocycles. The number of aliphatic carboxylic acids is 1. The summed E-state index contributed by atoms with van der Waals surface area (Å²) in [6.45, 7) is 5.88. The third kappa shape index (κ3) is 5.19. The smallest absolute Gasteiger partial charge is 0.335 e. The predicted molar refractivity (Wildman–Crippen MR) is 140 cm³/mol. The second-order valence-electron chi connectivity index (χ2n) is 8.27. The van der Waals surface area contributed by atoms with E-state index in [-0.39, 0.29) is 28.8 Å². The van der Waals surface area contributed by atoms with E-state index < -0.39 is 29.2 Å². The summed E-state index contributed by atoms with van der Waals surface area (Å²) in [7, 11) is 3.80. The molecule has 0 saturated carbocycles. The van der Waals surface area contributed by atoms with Crippen molar-refractivity contribution in [2.24, 2.45) is 12.2 Å². The lowest BCUT2D eigenvalue weighted by Gasteiger charge is -2.50. The molecular formula is C22H25N7O5S3. The molecule has 1 fully saturated rings. The van der Waals surface area contributed by atoms with Crippen LogP contribution in [-0.4, -0.2) is 70.7 Å². The number of nitrogen functional groups attached to an aromatic ring is 1. The molecule has 37 heavy (non-hydrogen) atoms. The van der Waals surface area contributed by atoms with E-state index in [2.05, 4.69) is 22.0 Å². The second-order valence-corrected chi connectivity index (χ2v) is 11.1. The molecule has 0 radical (unpaired) electrons. The van der Waals surface area contributed by atoms with Crippen molar-refractivity contribution in [2.75, 3.05) is 36.6 Å². The number of carbonyl (C=O) groups is 3. The van der Waals surface area contributed by atoms with E-state index in [0.29, 0.717) is 17.9 Å². The first-order chi connectivity index (χ1) is 17.6. The van der Waals surface area contributed by atoms with Gasteiger partial charge in [-0.25, -0.2) is 9.55 Å². The maximum Gasteiger partial charge on any atom is 0.335 e. The molecule has 2 unspecified atom stereocenters. The van der Waals surface area contributed by atoms with Crippen molar-refractivity contribution in [1.29, 1.82) is 0 Å². The molecule has 2 atom stereocenters. The number of carbonyl (C=O) groups excluding carboxylic acids is 3. The lowest BCUT2D eigenvalue weighted by molar-refractivity contribution is -0.660. The van der Waals surface area contributed by atoms with Gasteiger partial charge >= 0.3 is 5.13 Å². The third-order valence-electron chi connectivity index (χ3n) is 5.76. The summed E-state index contributed by atoms with van der Waals surface area (Å²) in [4.78, 5) is 50.5. The zero-order valence-electron chi connectivity index (χ0n) is 20.3. The van der Waals surface area contributed by atoms with Gasteiger partial charge in [-0.2, -0.15) is 0 Å². The largest absolute Gasteiger partial charge is 0.543 e. The lowest BCUT2D eigenvalue weighted by atomic mass is 10.0. The minimum absolute atomic E-state index is 0.0606. The summed E-state index contributed by atoms with van der Waals surface area (Å²) in [5.41, 5.74) is 7.21.